The van der Waals surface area contributed by atoms with E-state index in [2.05, 4.69) is 0 Å². The highest BCUT2D eigenvalue weighted by atomic mass is 35.5. The van der Waals surface area contributed by atoms with Gasteiger partial charge >= 0.3 is 5.69 Å². The van der Waals surface area contributed by atoms with Crippen molar-refractivity contribution >= 4 is 52.5 Å². The van der Waals surface area contributed by atoms with Crippen molar-refractivity contribution in [3.8, 4) is 11.5 Å². The lowest BCUT2D eigenvalue weighted by atomic mass is 10.1. The summed E-state index contributed by atoms with van der Waals surface area (Å²) in [7, 11) is 0. The summed E-state index contributed by atoms with van der Waals surface area (Å²) in [6.07, 6.45) is 0. The molecule has 6 rings (SSSR count). The van der Waals surface area contributed by atoms with Gasteiger partial charge in [-0.1, -0.05) is 47.5 Å². The summed E-state index contributed by atoms with van der Waals surface area (Å²) in [5.41, 5.74) is 0.330. The van der Waals surface area contributed by atoms with Gasteiger partial charge in [0.05, 0.1) is 32.2 Å². The van der Waals surface area contributed by atoms with Gasteiger partial charge in [-0.25, -0.2) is 18.6 Å². The fraction of sp³-hybridized carbons (Fsp3) is 0.0667. The number of imide groups is 2. The third kappa shape index (κ3) is 6.16. The predicted molar refractivity (Wildman–Crippen MR) is 154 cm³/mol. The van der Waals surface area contributed by atoms with Crippen LogP contribution >= 0.6 is 23.2 Å². The van der Waals surface area contributed by atoms with Crippen LogP contribution in [0.1, 0.15) is 41.4 Å². The SMILES string of the molecule is O=C1c2ccccc2C(=O)N1COc1c(F)cc(Cl)cc1[N+](=O)[O-].O=C1c2ccccc2C(=O)N1COc1ccc(Cl)cc1F. The number of nitro benzene ring substituents is 1. The second kappa shape index (κ2) is 12.7. The molecular formula is C30H17Cl2F2N3O8. The molecule has 15 heteroatoms. The molecule has 0 fully saturated rings. The van der Waals surface area contributed by atoms with Gasteiger partial charge in [0.1, 0.15) is 0 Å². The normalized spacial score (nSPS) is 13.3. The van der Waals surface area contributed by atoms with E-state index in [-0.39, 0.29) is 33.7 Å². The number of halogens is 4. The molecular weight excluding hydrogens is 639 g/mol. The Hall–Kier alpha value is -5.40. The lowest BCUT2D eigenvalue weighted by Gasteiger charge is -2.15. The number of rotatable bonds is 7. The lowest BCUT2D eigenvalue weighted by Crippen LogP contribution is -2.33. The van der Waals surface area contributed by atoms with Crippen molar-refractivity contribution in [2.24, 2.45) is 0 Å². The van der Waals surface area contributed by atoms with Crippen molar-refractivity contribution in [2.75, 3.05) is 13.5 Å². The number of amides is 4. The largest absolute Gasteiger partial charge is 0.469 e. The summed E-state index contributed by atoms with van der Waals surface area (Å²) in [6, 6.07) is 18.3. The van der Waals surface area contributed by atoms with Crippen LogP contribution in [-0.4, -0.2) is 51.8 Å². The Balaban J connectivity index is 0.000000179. The molecule has 2 aliphatic heterocycles. The first-order valence-electron chi connectivity index (χ1n) is 12.7. The van der Waals surface area contributed by atoms with Crippen molar-refractivity contribution in [2.45, 2.75) is 0 Å². The van der Waals surface area contributed by atoms with Gasteiger partial charge in [0.25, 0.3) is 23.6 Å². The van der Waals surface area contributed by atoms with E-state index in [1.54, 1.807) is 36.4 Å². The Labute approximate surface area is 262 Å². The van der Waals surface area contributed by atoms with Crippen molar-refractivity contribution in [3.05, 3.63) is 133 Å². The summed E-state index contributed by atoms with van der Waals surface area (Å²) in [4.78, 5) is 60.3. The molecule has 4 aromatic carbocycles. The molecule has 11 nitrogen and oxygen atoms in total. The Bertz CT molecular complexity index is 1840. The summed E-state index contributed by atoms with van der Waals surface area (Å²) >= 11 is 11.2. The van der Waals surface area contributed by atoms with Gasteiger partial charge in [-0.2, -0.15) is 0 Å². The van der Waals surface area contributed by atoms with E-state index in [0.29, 0.717) is 11.1 Å². The van der Waals surface area contributed by atoms with Crippen LogP contribution in [0.2, 0.25) is 10.0 Å². The summed E-state index contributed by atoms with van der Waals surface area (Å²) in [5.74, 6) is -4.63. The van der Waals surface area contributed by atoms with E-state index in [1.165, 1.54) is 24.3 Å². The molecule has 0 N–H and O–H groups in total. The number of hydrogen-bond acceptors (Lipinski definition) is 8. The molecule has 2 heterocycles. The molecule has 4 amide bonds. The van der Waals surface area contributed by atoms with Crippen LogP contribution in [0.25, 0.3) is 0 Å². The monoisotopic (exact) mass is 655 g/mol. The van der Waals surface area contributed by atoms with Crippen molar-refractivity contribution in [1.29, 1.82) is 0 Å². The fourth-order valence-electron chi connectivity index (χ4n) is 4.39. The minimum Gasteiger partial charge on any atom is -0.469 e. The van der Waals surface area contributed by atoms with E-state index >= 15 is 0 Å². The van der Waals surface area contributed by atoms with E-state index in [9.17, 15) is 38.1 Å². The van der Waals surface area contributed by atoms with E-state index in [0.717, 1.165) is 28.0 Å². The summed E-state index contributed by atoms with van der Waals surface area (Å²) < 4.78 is 37.7. The Morgan fingerprint density at radius 3 is 1.53 bits per heavy atom. The molecule has 0 aliphatic carbocycles. The quantitative estimate of drug-likeness (QED) is 0.132. The first-order chi connectivity index (χ1) is 21.5. The smallest absolute Gasteiger partial charge is 0.315 e. The second-order valence-electron chi connectivity index (χ2n) is 9.28. The molecule has 0 bridgehead atoms. The summed E-state index contributed by atoms with van der Waals surface area (Å²) in [6.45, 7) is -1.02. The maximum Gasteiger partial charge on any atom is 0.315 e. The molecule has 0 aromatic heterocycles. The lowest BCUT2D eigenvalue weighted by molar-refractivity contribution is -0.386. The molecule has 2 aliphatic rings. The van der Waals surface area contributed by atoms with Gasteiger partial charge in [-0.15, -0.1) is 0 Å². The molecule has 0 radical (unpaired) electrons. The number of ether oxygens (including phenoxy) is 2. The van der Waals surface area contributed by atoms with Crippen LogP contribution in [-0.2, 0) is 0 Å². The molecule has 228 valence electrons. The number of fused-ring (bicyclic) bond motifs is 2. The molecule has 4 aromatic rings. The zero-order chi connectivity index (χ0) is 32.4. The van der Waals surface area contributed by atoms with Crippen molar-refractivity contribution < 1.29 is 42.4 Å². The number of nitrogens with zero attached hydrogens (tertiary/aromatic N) is 3. The zero-order valence-electron chi connectivity index (χ0n) is 22.5. The van der Waals surface area contributed by atoms with Gasteiger partial charge in [0, 0.05) is 11.1 Å². The third-order valence-electron chi connectivity index (χ3n) is 6.52. The first kappa shape index (κ1) is 31.0. The number of nitro groups is 1. The van der Waals surface area contributed by atoms with E-state index in [4.69, 9.17) is 32.7 Å². The third-order valence-corrected chi connectivity index (χ3v) is 6.98. The molecule has 45 heavy (non-hydrogen) atoms. The second-order valence-corrected chi connectivity index (χ2v) is 10.2. The van der Waals surface area contributed by atoms with Crippen LogP contribution in [0, 0.1) is 21.7 Å². The highest BCUT2D eigenvalue weighted by Gasteiger charge is 2.37. The van der Waals surface area contributed by atoms with Crippen LogP contribution in [0.15, 0.2) is 78.9 Å². The topological polar surface area (TPSA) is 136 Å². The van der Waals surface area contributed by atoms with Gasteiger partial charge in [-0.05, 0) is 48.5 Å². The fourth-order valence-corrected chi connectivity index (χ4v) is 4.75. The van der Waals surface area contributed by atoms with Gasteiger partial charge < -0.3 is 9.47 Å². The molecule has 0 saturated carbocycles. The molecule has 0 atom stereocenters. The first-order valence-corrected chi connectivity index (χ1v) is 13.5. The van der Waals surface area contributed by atoms with Crippen LogP contribution < -0.4 is 9.47 Å². The van der Waals surface area contributed by atoms with E-state index < -0.39 is 58.4 Å². The minimum atomic E-state index is -1.06. The number of benzene rings is 4. The maximum absolute atomic E-state index is 13.9. The average molecular weight is 656 g/mol. The van der Waals surface area contributed by atoms with Gasteiger partial charge in [-0.3, -0.25) is 29.3 Å². The molecule has 0 spiro atoms. The van der Waals surface area contributed by atoms with Crippen molar-refractivity contribution in [1.82, 2.24) is 9.80 Å². The van der Waals surface area contributed by atoms with Gasteiger partial charge in [0.15, 0.2) is 30.8 Å². The zero-order valence-corrected chi connectivity index (χ0v) is 24.1. The minimum absolute atomic E-state index is 0.0732. The van der Waals surface area contributed by atoms with Gasteiger partial charge in [0.2, 0.25) is 5.75 Å². The summed E-state index contributed by atoms with van der Waals surface area (Å²) in [5, 5.41) is 11.0. The highest BCUT2D eigenvalue weighted by molar-refractivity contribution is 6.31. The number of carbonyl (C=O) groups excluding carboxylic acids is 4. The van der Waals surface area contributed by atoms with E-state index in [1.807, 2.05) is 0 Å². The molecule has 0 saturated heterocycles. The Morgan fingerprint density at radius 2 is 1.09 bits per heavy atom. The highest BCUT2D eigenvalue weighted by Crippen LogP contribution is 2.34. The number of carbonyl (C=O) groups is 4. The van der Waals surface area contributed by atoms with Crippen LogP contribution in [0.4, 0.5) is 14.5 Å². The van der Waals surface area contributed by atoms with Crippen molar-refractivity contribution in [3.63, 3.8) is 0 Å². The average Bonchev–Trinajstić information content (AvgIpc) is 3.40. The van der Waals surface area contributed by atoms with Crippen LogP contribution in [0.5, 0.6) is 11.5 Å². The Morgan fingerprint density at radius 1 is 0.644 bits per heavy atom. The maximum atomic E-state index is 13.9. The molecule has 0 unspecified atom stereocenters. The predicted octanol–water partition coefficient (Wildman–Crippen LogP) is 6.13. The number of hydrogen-bond donors (Lipinski definition) is 0. The Kier molecular flexibility index (Phi) is 8.75. The van der Waals surface area contributed by atoms with Crippen LogP contribution in [0.3, 0.4) is 0 Å². The standard InChI is InChI=1S/C15H8ClFN2O5.C15H9ClFNO3/c16-8-5-11(17)13(12(6-8)19(22)23)24-7-18-14(20)9-3-1-2-4-10(9)15(18)21;16-9-5-6-13(12(17)7-9)21-8-18-14(19)10-3-1-2-4-11(10)15(18)20/h1-6H,7H2;1-7H,8H2.